The van der Waals surface area contributed by atoms with Crippen LogP contribution < -0.4 is 5.32 Å². The fourth-order valence-electron chi connectivity index (χ4n) is 2.86. The molecule has 0 spiro atoms. The molecule has 0 saturated heterocycles. The topological polar surface area (TPSA) is 12.0 Å². The van der Waals surface area contributed by atoms with Gasteiger partial charge in [0.05, 0.1) is 0 Å². The maximum Gasteiger partial charge on any atom is 0.00104 e. The number of hydrogen-bond donors (Lipinski definition) is 1. The van der Waals surface area contributed by atoms with Crippen LogP contribution in [0.1, 0.15) is 59.8 Å². The van der Waals surface area contributed by atoms with Crippen LogP contribution in [0.25, 0.3) is 0 Å². The quantitative estimate of drug-likeness (QED) is 0.728. The summed E-state index contributed by atoms with van der Waals surface area (Å²) in [4.78, 5) is 0. The van der Waals surface area contributed by atoms with E-state index in [0.29, 0.717) is 6.04 Å². The minimum Gasteiger partial charge on any atom is -0.314 e. The second-order valence-electron chi connectivity index (χ2n) is 6.00. The van der Waals surface area contributed by atoms with Crippen molar-refractivity contribution < 1.29 is 0 Å². The van der Waals surface area contributed by atoms with Crippen molar-refractivity contribution in [2.45, 2.75) is 65.8 Å². The molecule has 1 saturated carbocycles. The lowest BCUT2D eigenvalue weighted by atomic mass is 9.75. The fraction of sp³-hybridized carbons (Fsp3) is 1.00. The van der Waals surface area contributed by atoms with E-state index >= 15 is 0 Å². The van der Waals surface area contributed by atoms with Crippen LogP contribution in [0.3, 0.4) is 0 Å². The van der Waals surface area contributed by atoms with E-state index in [-0.39, 0.29) is 0 Å². The highest BCUT2D eigenvalue weighted by Gasteiger charge is 2.25. The second-order valence-corrected chi connectivity index (χ2v) is 6.00. The average molecular weight is 211 g/mol. The van der Waals surface area contributed by atoms with Crippen molar-refractivity contribution in [2.24, 2.45) is 17.8 Å². The normalized spacial score (nSPS) is 27.6. The van der Waals surface area contributed by atoms with Crippen LogP contribution in [0, 0.1) is 17.8 Å². The molecule has 0 aliphatic heterocycles. The zero-order valence-corrected chi connectivity index (χ0v) is 11.1. The van der Waals surface area contributed by atoms with Gasteiger partial charge in [-0.25, -0.2) is 0 Å². The van der Waals surface area contributed by atoms with Crippen LogP contribution in [-0.4, -0.2) is 12.6 Å². The zero-order valence-electron chi connectivity index (χ0n) is 11.1. The van der Waals surface area contributed by atoms with Crippen LogP contribution >= 0.6 is 0 Å². The number of rotatable bonds is 5. The van der Waals surface area contributed by atoms with Gasteiger partial charge in [0.1, 0.15) is 0 Å². The van der Waals surface area contributed by atoms with Crippen molar-refractivity contribution in [2.75, 3.05) is 6.54 Å². The first-order valence-electron chi connectivity index (χ1n) is 6.83. The Labute approximate surface area is 96.0 Å². The summed E-state index contributed by atoms with van der Waals surface area (Å²) in [5.41, 5.74) is 0. The molecule has 0 radical (unpaired) electrons. The van der Waals surface area contributed by atoms with Gasteiger partial charge < -0.3 is 5.32 Å². The lowest BCUT2D eigenvalue weighted by Crippen LogP contribution is -2.34. The Morgan fingerprint density at radius 3 is 2.13 bits per heavy atom. The van der Waals surface area contributed by atoms with Gasteiger partial charge in [-0.05, 0) is 37.1 Å². The van der Waals surface area contributed by atoms with E-state index in [1.807, 2.05) is 0 Å². The maximum atomic E-state index is 3.62. The van der Waals surface area contributed by atoms with Gasteiger partial charge in [0.25, 0.3) is 0 Å². The van der Waals surface area contributed by atoms with Crippen molar-refractivity contribution in [3.8, 4) is 0 Å². The first kappa shape index (κ1) is 13.0. The molecule has 2 atom stereocenters. The van der Waals surface area contributed by atoms with Crippen LogP contribution in [0.5, 0.6) is 0 Å². The van der Waals surface area contributed by atoms with Crippen molar-refractivity contribution in [1.29, 1.82) is 0 Å². The smallest absolute Gasteiger partial charge is 0.00104 e. The standard InChI is InChI=1S/C14H29N/c1-11(2)9-13-7-5-6-8-14(13)10-15-12(3)4/h11-15H,5-10H2,1-4H3. The Balaban J connectivity index is 2.35. The molecule has 90 valence electrons. The molecule has 0 aromatic carbocycles. The average Bonchev–Trinajstić information content (AvgIpc) is 2.15. The minimum atomic E-state index is 0.645. The molecule has 1 heteroatoms. The Bertz CT molecular complexity index is 163. The molecule has 0 heterocycles. The van der Waals surface area contributed by atoms with E-state index in [0.717, 1.165) is 17.8 Å². The van der Waals surface area contributed by atoms with Crippen molar-refractivity contribution in [1.82, 2.24) is 5.32 Å². The molecule has 0 aromatic heterocycles. The van der Waals surface area contributed by atoms with Gasteiger partial charge in [0.2, 0.25) is 0 Å². The molecular weight excluding hydrogens is 182 g/mol. The van der Waals surface area contributed by atoms with E-state index in [4.69, 9.17) is 0 Å². The molecule has 1 fully saturated rings. The van der Waals surface area contributed by atoms with Crippen LogP contribution in [0.4, 0.5) is 0 Å². The highest BCUT2D eigenvalue weighted by molar-refractivity contribution is 4.78. The summed E-state index contributed by atoms with van der Waals surface area (Å²) in [7, 11) is 0. The Hall–Kier alpha value is -0.0400. The summed E-state index contributed by atoms with van der Waals surface area (Å²) < 4.78 is 0. The third-order valence-corrected chi connectivity index (χ3v) is 3.63. The number of nitrogens with one attached hydrogen (secondary N) is 1. The lowest BCUT2D eigenvalue weighted by Gasteiger charge is -2.33. The van der Waals surface area contributed by atoms with Gasteiger partial charge in [-0.1, -0.05) is 47.0 Å². The van der Waals surface area contributed by atoms with Gasteiger partial charge in [-0.2, -0.15) is 0 Å². The summed E-state index contributed by atoms with van der Waals surface area (Å²) in [5, 5.41) is 3.62. The van der Waals surface area contributed by atoms with E-state index in [2.05, 4.69) is 33.0 Å². The second kappa shape index (κ2) is 6.52. The van der Waals surface area contributed by atoms with E-state index in [1.165, 1.54) is 38.6 Å². The molecule has 1 nitrogen and oxygen atoms in total. The molecule has 1 rings (SSSR count). The van der Waals surface area contributed by atoms with E-state index in [1.54, 1.807) is 0 Å². The first-order chi connectivity index (χ1) is 7.09. The summed E-state index contributed by atoms with van der Waals surface area (Å²) in [6.07, 6.45) is 7.29. The molecule has 1 aliphatic rings. The molecule has 1 aliphatic carbocycles. The summed E-state index contributed by atoms with van der Waals surface area (Å²) >= 11 is 0. The largest absolute Gasteiger partial charge is 0.314 e. The van der Waals surface area contributed by atoms with Gasteiger partial charge in [0, 0.05) is 6.04 Å². The predicted molar refractivity (Wildman–Crippen MR) is 68.0 cm³/mol. The molecule has 0 bridgehead atoms. The molecule has 2 unspecified atom stereocenters. The van der Waals surface area contributed by atoms with Gasteiger partial charge in [-0.3, -0.25) is 0 Å². The summed E-state index contributed by atoms with van der Waals surface area (Å²) in [5.74, 6) is 2.81. The van der Waals surface area contributed by atoms with Crippen LogP contribution in [0.15, 0.2) is 0 Å². The molecular formula is C14H29N. The maximum absolute atomic E-state index is 3.62. The van der Waals surface area contributed by atoms with E-state index < -0.39 is 0 Å². The Morgan fingerprint density at radius 1 is 1.00 bits per heavy atom. The highest BCUT2D eigenvalue weighted by Crippen LogP contribution is 2.33. The molecule has 0 amide bonds. The SMILES string of the molecule is CC(C)CC1CCCCC1CNC(C)C. The molecule has 15 heavy (non-hydrogen) atoms. The van der Waals surface area contributed by atoms with Crippen molar-refractivity contribution in [3.63, 3.8) is 0 Å². The van der Waals surface area contributed by atoms with Gasteiger partial charge in [-0.15, -0.1) is 0 Å². The predicted octanol–water partition coefficient (Wildman–Crippen LogP) is 3.84. The third kappa shape index (κ3) is 5.01. The Morgan fingerprint density at radius 2 is 1.60 bits per heavy atom. The summed E-state index contributed by atoms with van der Waals surface area (Å²) in [6.45, 7) is 10.5. The lowest BCUT2D eigenvalue weighted by molar-refractivity contribution is 0.196. The molecule has 0 aromatic rings. The van der Waals surface area contributed by atoms with Gasteiger partial charge >= 0.3 is 0 Å². The monoisotopic (exact) mass is 211 g/mol. The fourth-order valence-corrected chi connectivity index (χ4v) is 2.86. The van der Waals surface area contributed by atoms with Crippen molar-refractivity contribution >= 4 is 0 Å². The third-order valence-electron chi connectivity index (χ3n) is 3.63. The van der Waals surface area contributed by atoms with Crippen LogP contribution in [0.2, 0.25) is 0 Å². The number of hydrogen-bond acceptors (Lipinski definition) is 1. The summed E-state index contributed by atoms with van der Waals surface area (Å²) in [6, 6.07) is 0.645. The van der Waals surface area contributed by atoms with E-state index in [9.17, 15) is 0 Å². The van der Waals surface area contributed by atoms with Crippen molar-refractivity contribution in [3.05, 3.63) is 0 Å². The Kier molecular flexibility index (Phi) is 5.66. The highest BCUT2D eigenvalue weighted by atomic mass is 14.9. The first-order valence-corrected chi connectivity index (χ1v) is 6.83. The minimum absolute atomic E-state index is 0.645. The van der Waals surface area contributed by atoms with Crippen LogP contribution in [-0.2, 0) is 0 Å². The van der Waals surface area contributed by atoms with Gasteiger partial charge in [0.15, 0.2) is 0 Å². The zero-order chi connectivity index (χ0) is 11.3. The molecule has 1 N–H and O–H groups in total.